The molecule has 0 radical (unpaired) electrons. The Morgan fingerprint density at radius 2 is 1.96 bits per heavy atom. The van der Waals surface area contributed by atoms with Gasteiger partial charge in [0.15, 0.2) is 5.78 Å². The highest BCUT2D eigenvalue weighted by Crippen LogP contribution is 2.31. The number of rotatable bonds is 6. The van der Waals surface area contributed by atoms with Crippen molar-refractivity contribution in [2.75, 3.05) is 13.2 Å². The number of carbonyl (C=O) groups excluding carboxylic acids is 2. The first-order chi connectivity index (χ1) is 12.5. The van der Waals surface area contributed by atoms with Gasteiger partial charge in [-0.15, -0.1) is 0 Å². The molecule has 1 aromatic carbocycles. The summed E-state index contributed by atoms with van der Waals surface area (Å²) in [4.78, 5) is 24.6. The number of halogens is 2. The molecule has 138 valence electrons. The first-order valence-electron chi connectivity index (χ1n) is 8.82. The van der Waals surface area contributed by atoms with E-state index in [1.165, 1.54) is 12.1 Å². The van der Waals surface area contributed by atoms with Gasteiger partial charge in [-0.25, -0.2) is 8.78 Å². The van der Waals surface area contributed by atoms with Crippen LogP contribution in [0.25, 0.3) is 0 Å². The fraction of sp³-hybridized carbons (Fsp3) is 0.400. The zero-order chi connectivity index (χ0) is 18.7. The van der Waals surface area contributed by atoms with Crippen LogP contribution >= 0.6 is 0 Å². The number of nitrogens with zero attached hydrogens (tertiary/aromatic N) is 1. The number of benzene rings is 1. The molecule has 1 amide bonds. The van der Waals surface area contributed by atoms with E-state index in [1.807, 2.05) is 6.92 Å². The Balaban J connectivity index is 1.96. The Kier molecular flexibility index (Phi) is 5.49. The molecule has 0 atom stereocenters. The van der Waals surface area contributed by atoms with E-state index in [0.717, 1.165) is 35.4 Å². The molecule has 1 aromatic heterocycles. The SMILES string of the molecule is Cc1c(CC(=O)NCCF)c2c(n1Cc1ccc(F)cc1)CCCC2=O. The van der Waals surface area contributed by atoms with Gasteiger partial charge in [-0.2, -0.15) is 0 Å². The van der Waals surface area contributed by atoms with Crippen molar-refractivity contribution in [1.82, 2.24) is 9.88 Å². The summed E-state index contributed by atoms with van der Waals surface area (Å²) in [5.41, 5.74) is 4.11. The molecule has 0 unspecified atom stereocenters. The van der Waals surface area contributed by atoms with Crippen molar-refractivity contribution < 1.29 is 18.4 Å². The van der Waals surface area contributed by atoms with Crippen molar-refractivity contribution in [2.45, 2.75) is 39.2 Å². The van der Waals surface area contributed by atoms with Crippen molar-refractivity contribution in [3.63, 3.8) is 0 Å². The van der Waals surface area contributed by atoms with Gasteiger partial charge in [-0.1, -0.05) is 12.1 Å². The molecule has 0 aliphatic heterocycles. The zero-order valence-corrected chi connectivity index (χ0v) is 14.8. The van der Waals surface area contributed by atoms with Crippen LogP contribution in [-0.4, -0.2) is 29.5 Å². The predicted molar refractivity (Wildman–Crippen MR) is 94.6 cm³/mol. The van der Waals surface area contributed by atoms with Crippen LogP contribution in [0.2, 0.25) is 0 Å². The lowest BCUT2D eigenvalue weighted by Gasteiger charge is -2.16. The Morgan fingerprint density at radius 3 is 2.65 bits per heavy atom. The fourth-order valence-corrected chi connectivity index (χ4v) is 3.60. The number of fused-ring (bicyclic) bond motifs is 1. The highest BCUT2D eigenvalue weighted by Gasteiger charge is 2.28. The number of amides is 1. The molecule has 0 spiro atoms. The minimum Gasteiger partial charge on any atom is -0.353 e. The van der Waals surface area contributed by atoms with Crippen molar-refractivity contribution in [3.8, 4) is 0 Å². The summed E-state index contributed by atoms with van der Waals surface area (Å²) in [5.74, 6) is -0.522. The second kappa shape index (κ2) is 7.81. The van der Waals surface area contributed by atoms with Gasteiger partial charge in [-0.3, -0.25) is 9.59 Å². The van der Waals surface area contributed by atoms with Crippen molar-refractivity contribution in [3.05, 3.63) is 58.2 Å². The topological polar surface area (TPSA) is 51.1 Å². The summed E-state index contributed by atoms with van der Waals surface area (Å²) in [6.45, 7) is 1.78. The first kappa shape index (κ1) is 18.3. The van der Waals surface area contributed by atoms with Gasteiger partial charge in [0.05, 0.1) is 6.42 Å². The normalized spacial score (nSPS) is 13.6. The lowest BCUT2D eigenvalue weighted by molar-refractivity contribution is -0.120. The minimum absolute atomic E-state index is 0.0235. The third kappa shape index (κ3) is 3.69. The number of alkyl halides is 1. The molecule has 0 fully saturated rings. The van der Waals surface area contributed by atoms with Crippen LogP contribution < -0.4 is 5.32 Å². The number of Topliss-reactive ketones (excluding diaryl/α,β-unsaturated/α-hetero) is 1. The minimum atomic E-state index is -0.618. The van der Waals surface area contributed by atoms with Gasteiger partial charge in [0.1, 0.15) is 12.5 Å². The maximum absolute atomic E-state index is 13.2. The number of carbonyl (C=O) groups is 2. The molecule has 1 aliphatic rings. The van der Waals surface area contributed by atoms with Crippen molar-refractivity contribution >= 4 is 11.7 Å². The van der Waals surface area contributed by atoms with Crippen LogP contribution in [0.15, 0.2) is 24.3 Å². The summed E-state index contributed by atoms with van der Waals surface area (Å²) in [7, 11) is 0. The zero-order valence-electron chi connectivity index (χ0n) is 14.8. The van der Waals surface area contributed by atoms with Crippen molar-refractivity contribution in [2.24, 2.45) is 0 Å². The van der Waals surface area contributed by atoms with Crippen LogP contribution in [0.3, 0.4) is 0 Å². The second-order valence-electron chi connectivity index (χ2n) is 6.59. The van der Waals surface area contributed by atoms with Gasteiger partial charge in [0.2, 0.25) is 5.91 Å². The van der Waals surface area contributed by atoms with Crippen LogP contribution in [0, 0.1) is 12.7 Å². The Labute approximate surface area is 151 Å². The molecule has 26 heavy (non-hydrogen) atoms. The van der Waals surface area contributed by atoms with E-state index in [2.05, 4.69) is 9.88 Å². The molecule has 1 heterocycles. The number of aromatic nitrogens is 1. The molecule has 6 heteroatoms. The summed E-state index contributed by atoms with van der Waals surface area (Å²) in [5, 5.41) is 2.52. The second-order valence-corrected chi connectivity index (χ2v) is 6.59. The van der Waals surface area contributed by atoms with Gasteiger partial charge in [-0.05, 0) is 43.0 Å². The van der Waals surface area contributed by atoms with E-state index >= 15 is 0 Å². The molecule has 1 N–H and O–H groups in total. The highest BCUT2D eigenvalue weighted by molar-refractivity contribution is 6.01. The largest absolute Gasteiger partial charge is 0.353 e. The van der Waals surface area contributed by atoms with Gasteiger partial charge >= 0.3 is 0 Å². The van der Waals surface area contributed by atoms with Crippen LogP contribution in [0.5, 0.6) is 0 Å². The summed E-state index contributed by atoms with van der Waals surface area (Å²) < 4.78 is 27.5. The molecule has 2 aromatic rings. The predicted octanol–water partition coefficient (Wildman–Crippen LogP) is 3.13. The molecule has 1 aliphatic carbocycles. The third-order valence-corrected chi connectivity index (χ3v) is 4.86. The molecule has 3 rings (SSSR count). The number of ketones is 1. The monoisotopic (exact) mass is 360 g/mol. The van der Waals surface area contributed by atoms with Gasteiger partial charge in [0, 0.05) is 36.5 Å². The average molecular weight is 360 g/mol. The molecule has 0 bridgehead atoms. The lowest BCUT2D eigenvalue weighted by atomic mass is 9.92. The Morgan fingerprint density at radius 1 is 1.23 bits per heavy atom. The molecule has 0 saturated heterocycles. The van der Waals surface area contributed by atoms with E-state index in [-0.39, 0.29) is 30.5 Å². The first-order valence-corrected chi connectivity index (χ1v) is 8.82. The smallest absolute Gasteiger partial charge is 0.224 e. The summed E-state index contributed by atoms with van der Waals surface area (Å²) in [6.07, 6.45) is 2.10. The molecule has 0 saturated carbocycles. The Bertz CT molecular complexity index is 825. The third-order valence-electron chi connectivity index (χ3n) is 4.86. The number of hydrogen-bond acceptors (Lipinski definition) is 2. The summed E-state index contributed by atoms with van der Waals surface area (Å²) in [6, 6.07) is 6.27. The van der Waals surface area contributed by atoms with E-state index < -0.39 is 6.67 Å². The van der Waals surface area contributed by atoms with Crippen molar-refractivity contribution in [1.29, 1.82) is 0 Å². The van der Waals surface area contributed by atoms with Gasteiger partial charge in [0.25, 0.3) is 0 Å². The molecular weight excluding hydrogens is 338 g/mol. The van der Waals surface area contributed by atoms with E-state index in [0.29, 0.717) is 18.5 Å². The molecular formula is C20H22F2N2O2. The van der Waals surface area contributed by atoms with Crippen LogP contribution in [-0.2, 0) is 24.2 Å². The lowest BCUT2D eigenvalue weighted by Crippen LogP contribution is -2.27. The molecule has 4 nitrogen and oxygen atoms in total. The number of hydrogen-bond donors (Lipinski definition) is 1. The van der Waals surface area contributed by atoms with Crippen LogP contribution in [0.1, 0.15) is 45.7 Å². The Hall–Kier alpha value is -2.50. The van der Waals surface area contributed by atoms with E-state index in [4.69, 9.17) is 0 Å². The van der Waals surface area contributed by atoms with E-state index in [1.54, 1.807) is 12.1 Å². The fourth-order valence-electron chi connectivity index (χ4n) is 3.60. The maximum atomic E-state index is 13.2. The van der Waals surface area contributed by atoms with Gasteiger partial charge < -0.3 is 9.88 Å². The highest BCUT2D eigenvalue weighted by atomic mass is 19.1. The maximum Gasteiger partial charge on any atom is 0.224 e. The quantitative estimate of drug-likeness (QED) is 0.860. The summed E-state index contributed by atoms with van der Waals surface area (Å²) >= 11 is 0. The average Bonchev–Trinajstić information content (AvgIpc) is 2.88. The number of nitrogens with one attached hydrogen (secondary N) is 1. The standard InChI is InChI=1S/C20H22F2N2O2/c1-13-16(11-19(26)23-10-9-21)20-17(3-2-4-18(20)25)24(13)12-14-5-7-15(22)8-6-14/h5-8H,2-4,9-12H2,1H3,(H,23,26). The van der Waals surface area contributed by atoms with Crippen LogP contribution in [0.4, 0.5) is 8.78 Å². The van der Waals surface area contributed by atoms with E-state index in [9.17, 15) is 18.4 Å².